The highest BCUT2D eigenvalue weighted by atomic mass is 35.5. The monoisotopic (exact) mass is 297 g/mol. The standard InChI is InChI=1S/C16H24ClNO2/c1-11(2)19-10-16(13-6-7-18-9-13)20-15-5-4-14(17)8-12(15)3/h4-5,8,11,13,16,18H,6-7,9-10H2,1-3H3/t13?,16-/m1/s1. The van der Waals surface area contributed by atoms with Gasteiger partial charge in [0.05, 0.1) is 12.7 Å². The lowest BCUT2D eigenvalue weighted by atomic mass is 10.0. The molecule has 0 spiro atoms. The Kier molecular flexibility index (Phi) is 5.70. The van der Waals surface area contributed by atoms with Crippen molar-refractivity contribution in [2.45, 2.75) is 39.4 Å². The fourth-order valence-corrected chi connectivity index (χ4v) is 2.68. The first-order valence-electron chi connectivity index (χ1n) is 7.31. The van der Waals surface area contributed by atoms with Gasteiger partial charge in [0.25, 0.3) is 0 Å². The van der Waals surface area contributed by atoms with Crippen LogP contribution in [-0.2, 0) is 4.74 Å². The molecule has 0 aliphatic carbocycles. The van der Waals surface area contributed by atoms with Crippen LogP contribution in [0.2, 0.25) is 5.02 Å². The van der Waals surface area contributed by atoms with Crippen LogP contribution < -0.4 is 10.1 Å². The quantitative estimate of drug-likeness (QED) is 0.872. The van der Waals surface area contributed by atoms with Crippen molar-refractivity contribution in [3.63, 3.8) is 0 Å². The number of rotatable bonds is 6. The Labute approximate surface area is 126 Å². The number of hydrogen-bond acceptors (Lipinski definition) is 3. The second kappa shape index (κ2) is 7.30. The minimum atomic E-state index is 0.0901. The van der Waals surface area contributed by atoms with Gasteiger partial charge in [-0.05, 0) is 57.5 Å². The molecule has 1 fully saturated rings. The lowest BCUT2D eigenvalue weighted by molar-refractivity contribution is -0.00390. The number of nitrogens with one attached hydrogen (secondary N) is 1. The smallest absolute Gasteiger partial charge is 0.126 e. The molecule has 2 rings (SSSR count). The predicted molar refractivity (Wildman–Crippen MR) is 82.7 cm³/mol. The topological polar surface area (TPSA) is 30.5 Å². The molecule has 1 aromatic carbocycles. The Hall–Kier alpha value is -0.770. The molecule has 20 heavy (non-hydrogen) atoms. The van der Waals surface area contributed by atoms with Crippen LogP contribution >= 0.6 is 11.6 Å². The fourth-order valence-electron chi connectivity index (χ4n) is 2.46. The highest BCUT2D eigenvalue weighted by molar-refractivity contribution is 6.30. The Morgan fingerprint density at radius 3 is 2.80 bits per heavy atom. The molecule has 3 nitrogen and oxygen atoms in total. The van der Waals surface area contributed by atoms with Crippen LogP contribution in [0.4, 0.5) is 0 Å². The van der Waals surface area contributed by atoms with Crippen LogP contribution in [0, 0.1) is 12.8 Å². The van der Waals surface area contributed by atoms with E-state index in [1.165, 1.54) is 0 Å². The largest absolute Gasteiger partial charge is 0.487 e. The van der Waals surface area contributed by atoms with Crippen molar-refractivity contribution in [2.75, 3.05) is 19.7 Å². The van der Waals surface area contributed by atoms with Crippen LogP contribution in [0.1, 0.15) is 25.8 Å². The molecule has 2 atom stereocenters. The van der Waals surface area contributed by atoms with Crippen LogP contribution in [0.3, 0.4) is 0 Å². The van der Waals surface area contributed by atoms with E-state index in [2.05, 4.69) is 19.2 Å². The molecule has 1 aliphatic rings. The average molecular weight is 298 g/mol. The van der Waals surface area contributed by atoms with Crippen molar-refractivity contribution in [3.8, 4) is 5.75 Å². The third-order valence-electron chi connectivity index (χ3n) is 3.63. The molecule has 1 saturated heterocycles. The molecule has 1 aliphatic heterocycles. The predicted octanol–water partition coefficient (Wildman–Crippen LogP) is 3.43. The van der Waals surface area contributed by atoms with Gasteiger partial charge in [-0.1, -0.05) is 11.6 Å². The van der Waals surface area contributed by atoms with E-state index in [1.807, 2.05) is 25.1 Å². The summed E-state index contributed by atoms with van der Waals surface area (Å²) in [5, 5.41) is 4.14. The number of hydrogen-bond donors (Lipinski definition) is 1. The van der Waals surface area contributed by atoms with Gasteiger partial charge in [-0.15, -0.1) is 0 Å². The first kappa shape index (κ1) is 15.6. The van der Waals surface area contributed by atoms with E-state index in [0.717, 1.165) is 35.8 Å². The van der Waals surface area contributed by atoms with Crippen molar-refractivity contribution in [1.82, 2.24) is 5.32 Å². The summed E-state index contributed by atoms with van der Waals surface area (Å²) in [6.07, 6.45) is 1.45. The summed E-state index contributed by atoms with van der Waals surface area (Å²) in [5.74, 6) is 1.41. The molecule has 1 unspecified atom stereocenters. The lowest BCUT2D eigenvalue weighted by Crippen LogP contribution is -2.34. The summed E-state index contributed by atoms with van der Waals surface area (Å²) < 4.78 is 12.0. The van der Waals surface area contributed by atoms with Gasteiger partial charge in [-0.2, -0.15) is 0 Å². The third kappa shape index (κ3) is 4.37. The first-order chi connectivity index (χ1) is 9.56. The molecule has 1 aromatic rings. The SMILES string of the molecule is Cc1cc(Cl)ccc1O[C@H](COC(C)C)C1CCNC1. The summed E-state index contributed by atoms with van der Waals surface area (Å²) in [6.45, 7) is 8.82. The maximum absolute atomic E-state index is 6.21. The zero-order chi connectivity index (χ0) is 14.5. The number of benzene rings is 1. The zero-order valence-electron chi connectivity index (χ0n) is 12.5. The average Bonchev–Trinajstić information content (AvgIpc) is 2.90. The fraction of sp³-hybridized carbons (Fsp3) is 0.625. The molecule has 0 saturated carbocycles. The van der Waals surface area contributed by atoms with Gasteiger partial charge in [0.15, 0.2) is 0 Å². The maximum atomic E-state index is 6.21. The summed E-state index contributed by atoms with van der Waals surface area (Å²) in [7, 11) is 0. The molecular formula is C16H24ClNO2. The molecule has 112 valence electrons. The molecule has 1 N–H and O–H groups in total. The number of halogens is 1. The highest BCUT2D eigenvalue weighted by Crippen LogP contribution is 2.26. The van der Waals surface area contributed by atoms with Gasteiger partial charge < -0.3 is 14.8 Å². The van der Waals surface area contributed by atoms with Crippen LogP contribution in [-0.4, -0.2) is 31.9 Å². The normalized spacial score (nSPS) is 20.4. The van der Waals surface area contributed by atoms with Crippen LogP contribution in [0.15, 0.2) is 18.2 Å². The van der Waals surface area contributed by atoms with Crippen molar-refractivity contribution in [3.05, 3.63) is 28.8 Å². The molecule has 0 bridgehead atoms. The van der Waals surface area contributed by atoms with Gasteiger partial charge in [0, 0.05) is 17.5 Å². The van der Waals surface area contributed by atoms with Gasteiger partial charge in [0.1, 0.15) is 11.9 Å². The highest BCUT2D eigenvalue weighted by Gasteiger charge is 2.27. The van der Waals surface area contributed by atoms with Crippen molar-refractivity contribution in [2.24, 2.45) is 5.92 Å². The first-order valence-corrected chi connectivity index (χ1v) is 7.69. The molecule has 1 heterocycles. The van der Waals surface area contributed by atoms with E-state index in [-0.39, 0.29) is 12.2 Å². The second-order valence-corrected chi connectivity index (χ2v) is 6.14. The minimum Gasteiger partial charge on any atom is -0.487 e. The van der Waals surface area contributed by atoms with E-state index in [9.17, 15) is 0 Å². The second-order valence-electron chi connectivity index (χ2n) is 5.70. The van der Waals surface area contributed by atoms with E-state index >= 15 is 0 Å². The summed E-state index contributed by atoms with van der Waals surface area (Å²) in [4.78, 5) is 0. The zero-order valence-corrected chi connectivity index (χ0v) is 13.2. The van der Waals surface area contributed by atoms with Gasteiger partial charge in [-0.25, -0.2) is 0 Å². The minimum absolute atomic E-state index is 0.0901. The van der Waals surface area contributed by atoms with Crippen LogP contribution in [0.25, 0.3) is 0 Å². The van der Waals surface area contributed by atoms with Gasteiger partial charge >= 0.3 is 0 Å². The Morgan fingerprint density at radius 2 is 2.20 bits per heavy atom. The van der Waals surface area contributed by atoms with E-state index in [1.54, 1.807) is 0 Å². The van der Waals surface area contributed by atoms with Crippen LogP contribution in [0.5, 0.6) is 5.75 Å². The van der Waals surface area contributed by atoms with E-state index < -0.39 is 0 Å². The van der Waals surface area contributed by atoms with E-state index in [4.69, 9.17) is 21.1 Å². The Balaban J connectivity index is 2.05. The summed E-state index contributed by atoms with van der Waals surface area (Å²) in [6, 6.07) is 5.75. The molecule has 0 radical (unpaired) electrons. The lowest BCUT2D eigenvalue weighted by Gasteiger charge is -2.26. The summed E-state index contributed by atoms with van der Waals surface area (Å²) >= 11 is 5.99. The van der Waals surface area contributed by atoms with Gasteiger partial charge in [0.2, 0.25) is 0 Å². The van der Waals surface area contributed by atoms with E-state index in [0.29, 0.717) is 12.5 Å². The molecular weight excluding hydrogens is 274 g/mol. The van der Waals surface area contributed by atoms with Gasteiger partial charge in [-0.3, -0.25) is 0 Å². The van der Waals surface area contributed by atoms with Crippen molar-refractivity contribution < 1.29 is 9.47 Å². The maximum Gasteiger partial charge on any atom is 0.126 e. The van der Waals surface area contributed by atoms with Crippen molar-refractivity contribution >= 4 is 11.6 Å². The summed E-state index contributed by atoms with van der Waals surface area (Å²) in [5.41, 5.74) is 1.07. The molecule has 0 aromatic heterocycles. The number of aryl methyl sites for hydroxylation is 1. The third-order valence-corrected chi connectivity index (χ3v) is 3.87. The Morgan fingerprint density at radius 1 is 1.40 bits per heavy atom. The Bertz CT molecular complexity index is 430. The number of ether oxygens (including phenoxy) is 2. The van der Waals surface area contributed by atoms with Crippen molar-refractivity contribution in [1.29, 1.82) is 0 Å². The molecule has 0 amide bonds. The molecule has 4 heteroatoms.